The molecule has 9 heteroatoms. The number of amides is 1. The molecule has 0 radical (unpaired) electrons. The SMILES string of the molecule is CC(C)(C)OC(=O)N[C@@H](CCCS(=O)(=O)Cl)C(=O)OCc1ccccc1. The van der Waals surface area contributed by atoms with Gasteiger partial charge in [0.1, 0.15) is 18.2 Å². The van der Waals surface area contributed by atoms with Crippen LogP contribution in [-0.4, -0.2) is 37.9 Å². The molecule has 1 N–H and O–H groups in total. The second-order valence-electron chi connectivity index (χ2n) is 6.68. The van der Waals surface area contributed by atoms with Crippen LogP contribution in [0.5, 0.6) is 0 Å². The van der Waals surface area contributed by atoms with Crippen LogP contribution in [-0.2, 0) is 29.9 Å². The van der Waals surface area contributed by atoms with Gasteiger partial charge >= 0.3 is 12.1 Å². The number of carbonyl (C=O) groups excluding carboxylic acids is 2. The largest absolute Gasteiger partial charge is 0.459 e. The van der Waals surface area contributed by atoms with Crippen LogP contribution in [0.1, 0.15) is 39.2 Å². The molecular weight excluding hydrogens is 382 g/mol. The van der Waals surface area contributed by atoms with Gasteiger partial charge in [-0.1, -0.05) is 30.3 Å². The molecule has 7 nitrogen and oxygen atoms in total. The molecule has 0 fully saturated rings. The van der Waals surface area contributed by atoms with Gasteiger partial charge in [0.15, 0.2) is 0 Å². The first-order chi connectivity index (χ1) is 12.0. The number of esters is 1. The Morgan fingerprint density at radius 1 is 1.19 bits per heavy atom. The van der Waals surface area contributed by atoms with Crippen molar-refractivity contribution >= 4 is 31.8 Å². The van der Waals surface area contributed by atoms with Crippen molar-refractivity contribution in [3.8, 4) is 0 Å². The molecule has 0 saturated heterocycles. The molecule has 1 rings (SSSR count). The molecule has 26 heavy (non-hydrogen) atoms. The average Bonchev–Trinajstić information content (AvgIpc) is 2.49. The highest BCUT2D eigenvalue weighted by atomic mass is 35.7. The number of alkyl carbamates (subject to hydrolysis) is 1. The topological polar surface area (TPSA) is 98.8 Å². The highest BCUT2D eigenvalue weighted by molar-refractivity contribution is 8.13. The van der Waals surface area contributed by atoms with E-state index in [4.69, 9.17) is 20.2 Å². The Bertz CT molecular complexity index is 700. The maximum atomic E-state index is 12.3. The van der Waals surface area contributed by atoms with E-state index in [0.717, 1.165) is 5.56 Å². The van der Waals surface area contributed by atoms with Gasteiger partial charge in [-0.2, -0.15) is 0 Å². The van der Waals surface area contributed by atoms with E-state index in [2.05, 4.69) is 5.32 Å². The molecule has 0 spiro atoms. The lowest BCUT2D eigenvalue weighted by Gasteiger charge is -2.23. The summed E-state index contributed by atoms with van der Waals surface area (Å²) in [6.07, 6.45) is -0.640. The van der Waals surface area contributed by atoms with Crippen LogP contribution in [0.15, 0.2) is 30.3 Å². The molecule has 0 unspecified atom stereocenters. The molecule has 1 aromatic rings. The molecule has 1 aromatic carbocycles. The molecular formula is C17H24ClNO6S. The third-order valence-corrected chi connectivity index (χ3v) is 4.32. The average molecular weight is 406 g/mol. The van der Waals surface area contributed by atoms with Crippen molar-refractivity contribution in [3.63, 3.8) is 0 Å². The highest BCUT2D eigenvalue weighted by Crippen LogP contribution is 2.11. The van der Waals surface area contributed by atoms with Crippen molar-refractivity contribution in [2.75, 3.05) is 5.75 Å². The molecule has 0 aliphatic rings. The summed E-state index contributed by atoms with van der Waals surface area (Å²) in [5.41, 5.74) is 0.0578. The van der Waals surface area contributed by atoms with E-state index in [0.29, 0.717) is 0 Å². The Morgan fingerprint density at radius 2 is 1.81 bits per heavy atom. The second-order valence-corrected chi connectivity index (χ2v) is 9.57. The minimum Gasteiger partial charge on any atom is -0.459 e. The molecule has 1 amide bonds. The van der Waals surface area contributed by atoms with Gasteiger partial charge in [-0.25, -0.2) is 18.0 Å². The summed E-state index contributed by atoms with van der Waals surface area (Å²) in [5.74, 6) is -0.987. The van der Waals surface area contributed by atoms with Gasteiger partial charge in [-0.05, 0) is 39.2 Å². The molecule has 0 aliphatic heterocycles. The van der Waals surface area contributed by atoms with Gasteiger partial charge < -0.3 is 14.8 Å². The van der Waals surface area contributed by atoms with E-state index in [1.165, 1.54) is 0 Å². The Balaban J connectivity index is 2.68. The summed E-state index contributed by atoms with van der Waals surface area (Å²) >= 11 is 0. The zero-order valence-electron chi connectivity index (χ0n) is 15.0. The number of halogens is 1. The van der Waals surface area contributed by atoms with Gasteiger partial charge in [0.2, 0.25) is 9.05 Å². The van der Waals surface area contributed by atoms with Crippen LogP contribution in [0.2, 0.25) is 0 Å². The van der Waals surface area contributed by atoms with Crippen LogP contribution in [0, 0.1) is 0 Å². The van der Waals surface area contributed by atoms with Gasteiger partial charge in [0.25, 0.3) is 0 Å². The third-order valence-electron chi connectivity index (χ3n) is 3.08. The van der Waals surface area contributed by atoms with E-state index in [9.17, 15) is 18.0 Å². The zero-order chi connectivity index (χ0) is 19.8. The normalized spacial score (nSPS) is 12.9. The summed E-state index contributed by atoms with van der Waals surface area (Å²) in [7, 11) is 1.49. The van der Waals surface area contributed by atoms with Gasteiger partial charge in [-0.15, -0.1) is 0 Å². The number of benzene rings is 1. The van der Waals surface area contributed by atoms with Crippen LogP contribution in [0.4, 0.5) is 4.79 Å². The Kier molecular flexibility index (Phi) is 8.36. The van der Waals surface area contributed by atoms with Crippen LogP contribution < -0.4 is 5.32 Å². The standard InChI is InChI=1S/C17H24ClNO6S/c1-17(2,3)25-16(21)19-14(10-7-11-26(18,22)23)15(20)24-12-13-8-5-4-6-9-13/h4-6,8-9,14H,7,10-12H2,1-3H3,(H,19,21)/t14-/m0/s1. The number of carbonyl (C=O) groups is 2. The summed E-state index contributed by atoms with van der Waals surface area (Å²) in [6.45, 7) is 5.11. The number of rotatable bonds is 8. The number of nitrogens with one attached hydrogen (secondary N) is 1. The van der Waals surface area contributed by atoms with E-state index in [1.807, 2.05) is 18.2 Å². The Labute approximate surface area is 158 Å². The first-order valence-corrected chi connectivity index (χ1v) is 10.6. The van der Waals surface area contributed by atoms with Crippen molar-refractivity contribution in [2.45, 2.75) is 51.9 Å². The fourth-order valence-corrected chi connectivity index (χ4v) is 2.83. The fraction of sp³-hybridized carbons (Fsp3) is 0.529. The van der Waals surface area contributed by atoms with Gasteiger partial charge in [-0.3, -0.25) is 0 Å². The summed E-state index contributed by atoms with van der Waals surface area (Å²) < 4.78 is 32.4. The van der Waals surface area contributed by atoms with Crippen molar-refractivity contribution in [1.82, 2.24) is 5.32 Å². The van der Waals surface area contributed by atoms with E-state index in [-0.39, 0.29) is 25.2 Å². The minimum absolute atomic E-state index is 0.0416. The minimum atomic E-state index is -3.68. The lowest BCUT2D eigenvalue weighted by Crippen LogP contribution is -2.44. The van der Waals surface area contributed by atoms with Gasteiger partial charge in [0.05, 0.1) is 5.75 Å². The first-order valence-electron chi connectivity index (χ1n) is 8.09. The number of hydrogen-bond donors (Lipinski definition) is 1. The lowest BCUT2D eigenvalue weighted by atomic mass is 10.1. The Hall–Kier alpha value is -1.80. The molecule has 0 heterocycles. The molecule has 0 saturated carbocycles. The van der Waals surface area contributed by atoms with E-state index >= 15 is 0 Å². The predicted molar refractivity (Wildman–Crippen MR) is 98.3 cm³/mol. The van der Waals surface area contributed by atoms with Crippen molar-refractivity contribution < 1.29 is 27.5 Å². The summed E-state index contributed by atoms with van der Waals surface area (Å²) in [5, 5.41) is 2.42. The van der Waals surface area contributed by atoms with Crippen molar-refractivity contribution in [1.29, 1.82) is 0 Å². The fourth-order valence-electron chi connectivity index (χ4n) is 1.99. The molecule has 0 aliphatic carbocycles. The summed E-state index contributed by atoms with van der Waals surface area (Å²) in [4.78, 5) is 24.2. The van der Waals surface area contributed by atoms with Crippen LogP contribution in [0.25, 0.3) is 0 Å². The lowest BCUT2D eigenvalue weighted by molar-refractivity contribution is -0.147. The zero-order valence-corrected chi connectivity index (χ0v) is 16.6. The summed E-state index contributed by atoms with van der Waals surface area (Å²) in [6, 6.07) is 8.01. The monoisotopic (exact) mass is 405 g/mol. The first kappa shape index (κ1) is 22.2. The highest BCUT2D eigenvalue weighted by Gasteiger charge is 2.26. The maximum absolute atomic E-state index is 12.3. The third kappa shape index (κ3) is 10.2. The molecule has 0 bridgehead atoms. The van der Waals surface area contributed by atoms with Crippen molar-refractivity contribution in [3.05, 3.63) is 35.9 Å². The molecule has 1 atom stereocenters. The quantitative estimate of drug-likeness (QED) is 0.527. The molecule has 146 valence electrons. The number of hydrogen-bond acceptors (Lipinski definition) is 6. The van der Waals surface area contributed by atoms with E-state index in [1.54, 1.807) is 32.9 Å². The Morgan fingerprint density at radius 3 is 2.35 bits per heavy atom. The van der Waals surface area contributed by atoms with Crippen LogP contribution in [0.3, 0.4) is 0 Å². The van der Waals surface area contributed by atoms with Crippen molar-refractivity contribution in [2.24, 2.45) is 0 Å². The smallest absolute Gasteiger partial charge is 0.408 e. The second kappa shape index (κ2) is 9.78. The number of ether oxygens (including phenoxy) is 2. The van der Waals surface area contributed by atoms with Gasteiger partial charge in [0, 0.05) is 10.7 Å². The maximum Gasteiger partial charge on any atom is 0.408 e. The predicted octanol–water partition coefficient (Wildman–Crippen LogP) is 2.97. The van der Waals surface area contributed by atoms with E-state index < -0.39 is 32.8 Å². The molecule has 0 aromatic heterocycles. The van der Waals surface area contributed by atoms with Crippen LogP contribution >= 0.6 is 10.7 Å².